The SMILES string of the molecule is CCc1cc[c-]c(N=[C-]CC(=Nc2cc(C)ccc2C)OC)c1.[Y]. The average Bonchev–Trinajstić information content (AvgIpc) is 2.57. The Morgan fingerprint density at radius 1 is 1.21 bits per heavy atom. The first-order valence-electron chi connectivity index (χ1n) is 7.75. The summed E-state index contributed by atoms with van der Waals surface area (Å²) >= 11 is 0. The quantitative estimate of drug-likeness (QED) is 0.398. The molecule has 0 atom stereocenters. The number of aryl methyl sites for hydroxylation is 3. The number of benzene rings is 2. The number of hydrogen-bond donors (Lipinski definition) is 0. The van der Waals surface area contributed by atoms with Gasteiger partial charge in [0.15, 0.2) is 5.90 Å². The molecule has 0 N–H and O–H groups in total. The molecule has 3 nitrogen and oxygen atoms in total. The van der Waals surface area contributed by atoms with Crippen LogP contribution in [0.1, 0.15) is 30.0 Å². The van der Waals surface area contributed by atoms with Crippen molar-refractivity contribution in [3.8, 4) is 0 Å². The van der Waals surface area contributed by atoms with Gasteiger partial charge in [-0.15, -0.1) is 0 Å². The van der Waals surface area contributed by atoms with Gasteiger partial charge in [0.1, 0.15) is 0 Å². The van der Waals surface area contributed by atoms with Gasteiger partial charge in [0.2, 0.25) is 0 Å². The van der Waals surface area contributed by atoms with E-state index >= 15 is 0 Å². The summed E-state index contributed by atoms with van der Waals surface area (Å²) in [6.45, 7) is 6.20. The molecule has 0 heterocycles. The molecule has 0 amide bonds. The second-order valence-electron chi connectivity index (χ2n) is 5.38. The maximum absolute atomic E-state index is 5.35. The van der Waals surface area contributed by atoms with Crippen molar-refractivity contribution in [1.29, 1.82) is 0 Å². The maximum atomic E-state index is 5.35. The standard InChI is InChI=1S/C20H22N2O.Y/c1-5-17-7-6-8-18(14-17)21-12-11-20(23-4)22-19-13-15(2)9-10-16(19)3;/h6-7,9-10,13-14H,5,11H2,1-4H3;/q-2;. The Hall–Kier alpha value is -1.32. The van der Waals surface area contributed by atoms with Crippen molar-refractivity contribution in [1.82, 2.24) is 0 Å². The first-order valence-corrected chi connectivity index (χ1v) is 7.75. The van der Waals surface area contributed by atoms with Crippen LogP contribution < -0.4 is 0 Å². The van der Waals surface area contributed by atoms with E-state index in [4.69, 9.17) is 4.74 Å². The van der Waals surface area contributed by atoms with E-state index in [0.717, 1.165) is 23.4 Å². The number of ether oxygens (including phenoxy) is 1. The van der Waals surface area contributed by atoms with E-state index in [1.165, 1.54) is 11.1 Å². The predicted molar refractivity (Wildman–Crippen MR) is 96.4 cm³/mol. The van der Waals surface area contributed by atoms with E-state index in [-0.39, 0.29) is 32.7 Å². The monoisotopic (exact) mass is 395 g/mol. The summed E-state index contributed by atoms with van der Waals surface area (Å²) in [7, 11) is 1.62. The molecule has 0 aromatic heterocycles. The minimum absolute atomic E-state index is 0. The van der Waals surface area contributed by atoms with Crippen molar-refractivity contribution < 1.29 is 37.4 Å². The molecule has 2 rings (SSSR count). The van der Waals surface area contributed by atoms with Crippen molar-refractivity contribution in [3.05, 3.63) is 59.2 Å². The van der Waals surface area contributed by atoms with Gasteiger partial charge < -0.3 is 9.73 Å². The molecule has 0 aliphatic heterocycles. The summed E-state index contributed by atoms with van der Waals surface area (Å²) in [6.07, 6.45) is 4.40. The molecule has 2 aromatic carbocycles. The fraction of sp³-hybridized carbons (Fsp3) is 0.300. The summed E-state index contributed by atoms with van der Waals surface area (Å²) in [5.41, 5.74) is 5.23. The topological polar surface area (TPSA) is 34.0 Å². The molecule has 0 spiro atoms. The molecule has 0 unspecified atom stereocenters. The van der Waals surface area contributed by atoms with Crippen molar-refractivity contribution in [2.75, 3.05) is 7.11 Å². The molecule has 4 heteroatoms. The molecule has 123 valence electrons. The second kappa shape index (κ2) is 10.5. The second-order valence-corrected chi connectivity index (χ2v) is 5.38. The molecule has 0 aliphatic carbocycles. The zero-order valence-corrected chi connectivity index (χ0v) is 17.6. The zero-order valence-electron chi connectivity index (χ0n) is 14.8. The van der Waals surface area contributed by atoms with Gasteiger partial charge in [0, 0.05) is 32.7 Å². The number of aliphatic imine (C=N–C) groups is 2. The van der Waals surface area contributed by atoms with Crippen LogP contribution in [0.15, 0.2) is 46.4 Å². The van der Waals surface area contributed by atoms with Crippen LogP contribution in [0.25, 0.3) is 0 Å². The third-order valence-electron chi connectivity index (χ3n) is 3.53. The van der Waals surface area contributed by atoms with E-state index in [0.29, 0.717) is 12.3 Å². The first kappa shape index (κ1) is 20.7. The number of hydrogen-bond acceptors (Lipinski definition) is 3. The zero-order chi connectivity index (χ0) is 16.7. The molecular formula is C20H22N2OY-2. The van der Waals surface area contributed by atoms with E-state index in [1.807, 2.05) is 31.2 Å². The fourth-order valence-electron chi connectivity index (χ4n) is 2.11. The van der Waals surface area contributed by atoms with Crippen LogP contribution in [-0.4, -0.2) is 19.2 Å². The van der Waals surface area contributed by atoms with E-state index in [9.17, 15) is 0 Å². The molecule has 2 aromatic rings. The van der Waals surface area contributed by atoms with Gasteiger partial charge in [-0.3, -0.25) is 6.07 Å². The number of rotatable bonds is 5. The minimum Gasteiger partial charge on any atom is -0.485 e. The smallest absolute Gasteiger partial charge is 0.175 e. The van der Waals surface area contributed by atoms with Crippen LogP contribution in [0.3, 0.4) is 0 Å². The Kier molecular flexibility index (Phi) is 9.09. The van der Waals surface area contributed by atoms with Crippen LogP contribution in [0, 0.1) is 19.9 Å². The predicted octanol–water partition coefficient (Wildman–Crippen LogP) is 5.01. The molecule has 0 aliphatic rings. The minimum atomic E-state index is 0. The Bertz CT molecular complexity index is 723. The van der Waals surface area contributed by atoms with Gasteiger partial charge in [-0.1, -0.05) is 25.5 Å². The molecule has 24 heavy (non-hydrogen) atoms. The third kappa shape index (κ3) is 6.29. The molecule has 1 radical (unpaired) electrons. The molecule has 0 saturated heterocycles. The fourth-order valence-corrected chi connectivity index (χ4v) is 2.11. The van der Waals surface area contributed by atoms with Gasteiger partial charge in [-0.25, -0.2) is 16.7 Å². The Balaban J connectivity index is 0.00000288. The average molecular weight is 395 g/mol. The molecule has 0 fully saturated rings. The van der Waals surface area contributed by atoms with Gasteiger partial charge in [-0.2, -0.15) is 23.9 Å². The third-order valence-corrected chi connectivity index (χ3v) is 3.53. The van der Waals surface area contributed by atoms with Crippen molar-refractivity contribution >= 4 is 23.5 Å². The van der Waals surface area contributed by atoms with Gasteiger partial charge in [0.05, 0.1) is 12.8 Å². The molecule has 0 saturated carbocycles. The summed E-state index contributed by atoms with van der Waals surface area (Å²) < 4.78 is 5.35. The van der Waals surface area contributed by atoms with Crippen molar-refractivity contribution in [3.63, 3.8) is 0 Å². The summed E-state index contributed by atoms with van der Waals surface area (Å²) in [4.78, 5) is 8.88. The molecular weight excluding hydrogens is 373 g/mol. The largest absolute Gasteiger partial charge is 0.485 e. The molecule has 0 bridgehead atoms. The van der Waals surface area contributed by atoms with Gasteiger partial charge in [-0.05, 0) is 37.5 Å². The summed E-state index contributed by atoms with van der Waals surface area (Å²) in [6, 6.07) is 15.2. The Labute approximate surface area is 170 Å². The number of methoxy groups -OCH3 is 1. The Morgan fingerprint density at radius 3 is 2.71 bits per heavy atom. The van der Waals surface area contributed by atoms with Crippen molar-refractivity contribution in [2.24, 2.45) is 9.98 Å². The maximum Gasteiger partial charge on any atom is 0.175 e. The van der Waals surface area contributed by atoms with Gasteiger partial charge >= 0.3 is 0 Å². The first-order chi connectivity index (χ1) is 11.1. The van der Waals surface area contributed by atoms with Crippen LogP contribution in [0.4, 0.5) is 11.4 Å². The van der Waals surface area contributed by atoms with Crippen LogP contribution in [-0.2, 0) is 43.9 Å². The van der Waals surface area contributed by atoms with Crippen LogP contribution in [0.5, 0.6) is 0 Å². The summed E-state index contributed by atoms with van der Waals surface area (Å²) in [5, 5.41) is 0. The van der Waals surface area contributed by atoms with Crippen LogP contribution in [0.2, 0.25) is 0 Å². The number of nitrogens with zero attached hydrogens (tertiary/aromatic N) is 2. The van der Waals surface area contributed by atoms with E-state index in [1.54, 1.807) is 7.11 Å². The summed E-state index contributed by atoms with van der Waals surface area (Å²) in [5.74, 6) is 0.592. The van der Waals surface area contributed by atoms with E-state index < -0.39 is 0 Å². The van der Waals surface area contributed by atoms with Gasteiger partial charge in [0.25, 0.3) is 0 Å². The normalized spacial score (nSPS) is 11.4. The van der Waals surface area contributed by atoms with Crippen LogP contribution >= 0.6 is 0 Å². The van der Waals surface area contributed by atoms with Crippen molar-refractivity contribution in [2.45, 2.75) is 33.6 Å². The Morgan fingerprint density at radius 2 is 2.00 bits per heavy atom. The van der Waals surface area contributed by atoms with E-state index in [2.05, 4.69) is 48.2 Å².